The molecule has 3 rings (SSSR count). The topological polar surface area (TPSA) is 59.8 Å². The van der Waals surface area contributed by atoms with Crippen LogP contribution in [0.2, 0.25) is 0 Å². The van der Waals surface area contributed by atoms with Gasteiger partial charge in [-0.1, -0.05) is 11.8 Å². The lowest BCUT2D eigenvalue weighted by Gasteiger charge is -2.21. The Morgan fingerprint density at radius 2 is 2.17 bits per heavy atom. The summed E-state index contributed by atoms with van der Waals surface area (Å²) >= 11 is 3.19. The monoisotopic (exact) mass is 372 g/mol. The Morgan fingerprint density at radius 3 is 2.83 bits per heavy atom. The van der Waals surface area contributed by atoms with Crippen molar-refractivity contribution in [2.24, 2.45) is 7.05 Å². The molecule has 2 aromatic rings. The van der Waals surface area contributed by atoms with Gasteiger partial charge in [0.25, 0.3) is 0 Å². The van der Waals surface area contributed by atoms with Crippen LogP contribution in [0.25, 0.3) is 0 Å². The fourth-order valence-electron chi connectivity index (χ4n) is 2.67. The Labute approximate surface area is 150 Å². The maximum atomic E-state index is 11.3. The first-order valence-corrected chi connectivity index (χ1v) is 9.33. The smallest absolute Gasteiger partial charge is 0.191 e. The number of halogens is 1. The number of Topliss-reactive ketones (excluding diaryl/α,β-unsaturated/α-hetero) is 1. The zero-order valence-corrected chi connectivity index (χ0v) is 15.7. The maximum absolute atomic E-state index is 11.3. The average molecular weight is 373 g/mol. The van der Waals surface area contributed by atoms with E-state index in [2.05, 4.69) is 20.1 Å². The van der Waals surface area contributed by atoms with Gasteiger partial charge >= 0.3 is 0 Å². The molecule has 0 amide bonds. The van der Waals surface area contributed by atoms with Crippen molar-refractivity contribution in [3.05, 3.63) is 27.7 Å². The molecule has 1 aliphatic heterocycles. The van der Waals surface area contributed by atoms with Gasteiger partial charge in [-0.2, -0.15) is 0 Å². The van der Waals surface area contributed by atoms with Crippen LogP contribution >= 0.6 is 35.5 Å². The van der Waals surface area contributed by atoms with Crippen LogP contribution in [-0.2, 0) is 12.8 Å². The lowest BCUT2D eigenvalue weighted by atomic mass is 9.97. The summed E-state index contributed by atoms with van der Waals surface area (Å²) in [4.78, 5) is 12.2. The van der Waals surface area contributed by atoms with Crippen LogP contribution in [-0.4, -0.2) is 33.6 Å². The third kappa shape index (κ3) is 4.35. The fraction of sp³-hybridized carbons (Fsp3) is 0.533. The summed E-state index contributed by atoms with van der Waals surface area (Å²) in [6.45, 7) is 3.72. The van der Waals surface area contributed by atoms with Crippen LogP contribution in [0.5, 0.6) is 0 Å². The zero-order valence-electron chi connectivity index (χ0n) is 13.2. The second kappa shape index (κ2) is 8.28. The van der Waals surface area contributed by atoms with E-state index in [0.29, 0.717) is 5.92 Å². The molecule has 0 aliphatic carbocycles. The van der Waals surface area contributed by atoms with Crippen molar-refractivity contribution in [2.75, 3.05) is 13.1 Å². The molecule has 1 N–H and O–H groups in total. The van der Waals surface area contributed by atoms with Crippen molar-refractivity contribution in [2.45, 2.75) is 36.6 Å². The van der Waals surface area contributed by atoms with E-state index in [1.165, 1.54) is 16.9 Å². The normalized spacial score (nSPS) is 15.4. The van der Waals surface area contributed by atoms with Gasteiger partial charge in [-0.05, 0) is 49.9 Å². The molecule has 0 spiro atoms. The minimum atomic E-state index is 0. The van der Waals surface area contributed by atoms with E-state index in [1.54, 1.807) is 18.7 Å². The van der Waals surface area contributed by atoms with Crippen molar-refractivity contribution in [3.63, 3.8) is 0 Å². The van der Waals surface area contributed by atoms with Gasteiger partial charge in [0.15, 0.2) is 10.9 Å². The number of thioether (sulfide) groups is 1. The Kier molecular flexibility index (Phi) is 6.64. The number of nitrogens with one attached hydrogen (secondary N) is 1. The highest BCUT2D eigenvalue weighted by molar-refractivity contribution is 7.98. The summed E-state index contributed by atoms with van der Waals surface area (Å²) in [5, 5.41) is 15.1. The number of carbonyl (C=O) groups is 1. The SMILES string of the molecule is CC(=O)c1cc(CSc2nnc(C3CCNCC3)n2C)cs1.Cl. The highest BCUT2D eigenvalue weighted by Crippen LogP contribution is 2.28. The number of thiophene rings is 1. The van der Waals surface area contributed by atoms with E-state index in [4.69, 9.17) is 0 Å². The quantitative estimate of drug-likeness (QED) is 0.644. The zero-order chi connectivity index (χ0) is 15.5. The van der Waals surface area contributed by atoms with Gasteiger partial charge in [-0.15, -0.1) is 33.9 Å². The van der Waals surface area contributed by atoms with Crippen molar-refractivity contribution >= 4 is 41.3 Å². The molecule has 1 saturated heterocycles. The number of nitrogens with zero attached hydrogens (tertiary/aromatic N) is 3. The Morgan fingerprint density at radius 1 is 1.43 bits per heavy atom. The van der Waals surface area contributed by atoms with Crippen LogP contribution in [0.4, 0.5) is 0 Å². The van der Waals surface area contributed by atoms with Crippen LogP contribution in [0.15, 0.2) is 16.6 Å². The van der Waals surface area contributed by atoms with Gasteiger partial charge in [0, 0.05) is 18.7 Å². The first-order chi connectivity index (χ1) is 10.6. The second-order valence-electron chi connectivity index (χ2n) is 5.59. The lowest BCUT2D eigenvalue weighted by molar-refractivity contribution is 0.102. The minimum Gasteiger partial charge on any atom is -0.317 e. The second-order valence-corrected chi connectivity index (χ2v) is 7.44. The van der Waals surface area contributed by atoms with Crippen LogP contribution in [0.1, 0.15) is 46.7 Å². The summed E-state index contributed by atoms with van der Waals surface area (Å²) in [6, 6.07) is 1.98. The Balaban J connectivity index is 0.00000192. The van der Waals surface area contributed by atoms with Gasteiger partial charge < -0.3 is 9.88 Å². The Bertz CT molecular complexity index is 664. The summed E-state index contributed by atoms with van der Waals surface area (Å²) in [6.07, 6.45) is 2.26. The summed E-state index contributed by atoms with van der Waals surface area (Å²) in [5.74, 6) is 2.56. The third-order valence-electron chi connectivity index (χ3n) is 3.94. The Hall–Kier alpha value is -0.890. The predicted octanol–water partition coefficient (Wildman–Crippen LogP) is 3.26. The molecule has 0 saturated carbocycles. The number of hydrogen-bond donors (Lipinski definition) is 1. The van der Waals surface area contributed by atoms with E-state index in [0.717, 1.165) is 47.5 Å². The molecule has 8 heteroatoms. The van der Waals surface area contributed by atoms with Gasteiger partial charge in [-0.25, -0.2) is 0 Å². The van der Waals surface area contributed by atoms with Crippen LogP contribution < -0.4 is 5.32 Å². The molecular weight excluding hydrogens is 352 g/mol. The predicted molar refractivity (Wildman–Crippen MR) is 97.0 cm³/mol. The molecule has 0 bridgehead atoms. The van der Waals surface area contributed by atoms with Crippen LogP contribution in [0, 0.1) is 0 Å². The van der Waals surface area contributed by atoms with E-state index in [-0.39, 0.29) is 18.2 Å². The molecule has 0 atom stereocenters. The van der Waals surface area contributed by atoms with Gasteiger partial charge in [-0.3, -0.25) is 4.79 Å². The molecule has 0 unspecified atom stereocenters. The van der Waals surface area contributed by atoms with E-state index in [9.17, 15) is 4.79 Å². The molecule has 126 valence electrons. The molecule has 1 aliphatic rings. The fourth-order valence-corrected chi connectivity index (χ4v) is 4.44. The van der Waals surface area contributed by atoms with Crippen molar-refractivity contribution in [1.82, 2.24) is 20.1 Å². The summed E-state index contributed by atoms with van der Waals surface area (Å²) in [7, 11) is 2.05. The van der Waals surface area contributed by atoms with Crippen molar-refractivity contribution in [3.8, 4) is 0 Å². The first-order valence-electron chi connectivity index (χ1n) is 7.46. The summed E-state index contributed by atoms with van der Waals surface area (Å²) in [5.41, 5.74) is 1.17. The van der Waals surface area contributed by atoms with Gasteiger partial charge in [0.2, 0.25) is 0 Å². The van der Waals surface area contributed by atoms with E-state index in [1.807, 2.05) is 18.5 Å². The standard InChI is InChI=1S/C15H20N4OS2.ClH/c1-10(20)13-7-11(8-21-13)9-22-15-18-17-14(19(15)2)12-3-5-16-6-4-12;/h7-8,12,16H,3-6,9H2,1-2H3;1H. The minimum absolute atomic E-state index is 0. The molecule has 2 aromatic heterocycles. The molecule has 3 heterocycles. The van der Waals surface area contributed by atoms with Crippen LogP contribution in [0.3, 0.4) is 0 Å². The maximum Gasteiger partial charge on any atom is 0.191 e. The van der Waals surface area contributed by atoms with E-state index >= 15 is 0 Å². The number of ketones is 1. The summed E-state index contributed by atoms with van der Waals surface area (Å²) < 4.78 is 2.12. The first kappa shape index (κ1) is 18.4. The van der Waals surface area contributed by atoms with Gasteiger partial charge in [0.05, 0.1) is 4.88 Å². The number of aromatic nitrogens is 3. The molecule has 5 nitrogen and oxygen atoms in total. The number of carbonyl (C=O) groups excluding carboxylic acids is 1. The lowest BCUT2D eigenvalue weighted by Crippen LogP contribution is -2.27. The number of piperidine rings is 1. The van der Waals surface area contributed by atoms with Crippen molar-refractivity contribution in [1.29, 1.82) is 0 Å². The van der Waals surface area contributed by atoms with Crippen molar-refractivity contribution < 1.29 is 4.79 Å². The van der Waals surface area contributed by atoms with E-state index < -0.39 is 0 Å². The highest BCUT2D eigenvalue weighted by atomic mass is 35.5. The highest BCUT2D eigenvalue weighted by Gasteiger charge is 2.21. The molecule has 1 fully saturated rings. The number of rotatable bonds is 5. The molecular formula is C15H21ClN4OS2. The number of hydrogen-bond acceptors (Lipinski definition) is 6. The third-order valence-corrected chi connectivity index (χ3v) is 6.11. The molecule has 23 heavy (non-hydrogen) atoms. The average Bonchev–Trinajstić information content (AvgIpc) is 3.13. The van der Waals surface area contributed by atoms with Gasteiger partial charge in [0.1, 0.15) is 5.82 Å². The molecule has 0 radical (unpaired) electrons. The molecule has 0 aromatic carbocycles. The largest absolute Gasteiger partial charge is 0.317 e.